The molecule has 0 spiro atoms. The molecular formula is C28H40N4O5S2. The lowest BCUT2D eigenvalue weighted by Crippen LogP contribution is -2.38. The van der Waals surface area contributed by atoms with Crippen molar-refractivity contribution < 1.29 is 23.9 Å². The highest BCUT2D eigenvalue weighted by atomic mass is 32.2. The van der Waals surface area contributed by atoms with E-state index in [1.54, 1.807) is 25.1 Å². The first-order chi connectivity index (χ1) is 18.8. The zero-order valence-corrected chi connectivity index (χ0v) is 24.7. The van der Waals surface area contributed by atoms with Crippen LogP contribution in [-0.4, -0.2) is 63.6 Å². The minimum atomic E-state index is -0.806. The van der Waals surface area contributed by atoms with E-state index in [2.05, 4.69) is 27.5 Å². The molecule has 0 saturated heterocycles. The summed E-state index contributed by atoms with van der Waals surface area (Å²) in [5.74, 6) is -0.760. The zero-order valence-electron chi connectivity index (χ0n) is 23.1. The van der Waals surface area contributed by atoms with E-state index in [0.29, 0.717) is 35.0 Å². The number of cyclic esters (lactones) is 1. The van der Waals surface area contributed by atoms with Gasteiger partial charge in [-0.25, -0.2) is 4.98 Å². The van der Waals surface area contributed by atoms with Crippen LogP contribution in [-0.2, 0) is 30.5 Å². The van der Waals surface area contributed by atoms with E-state index in [-0.39, 0.29) is 30.5 Å². The summed E-state index contributed by atoms with van der Waals surface area (Å²) < 4.78 is 5.47. The Morgan fingerprint density at radius 3 is 2.69 bits per heavy atom. The number of ether oxygens (including phenoxy) is 1. The highest BCUT2D eigenvalue weighted by Crippen LogP contribution is 2.14. The van der Waals surface area contributed by atoms with Gasteiger partial charge in [0.15, 0.2) is 5.12 Å². The third-order valence-corrected chi connectivity index (χ3v) is 7.50. The third kappa shape index (κ3) is 13.3. The molecular weight excluding hydrogens is 536 g/mol. The molecule has 2 N–H and O–H groups in total. The van der Waals surface area contributed by atoms with Crippen LogP contribution < -0.4 is 10.6 Å². The van der Waals surface area contributed by atoms with Gasteiger partial charge in [-0.05, 0) is 44.2 Å². The SMILES string of the molecule is CCCCCCCC(=O)SCC/C=C/[C@@H]1CC(=O)NCc2cccc(n2)C(SC)=N[C@H](C)C(=O)NCC(=O)O1. The molecule has 1 aliphatic heterocycles. The summed E-state index contributed by atoms with van der Waals surface area (Å²) in [5.41, 5.74) is 1.25. The summed E-state index contributed by atoms with van der Waals surface area (Å²) in [6.45, 7) is 3.67. The number of aliphatic imine (C=N–C) groups is 1. The van der Waals surface area contributed by atoms with E-state index in [4.69, 9.17) is 4.74 Å². The lowest BCUT2D eigenvalue weighted by atomic mass is 10.1. The van der Waals surface area contributed by atoms with Gasteiger partial charge in [0.25, 0.3) is 0 Å². The van der Waals surface area contributed by atoms with Crippen LogP contribution in [0.25, 0.3) is 0 Å². The molecule has 0 aliphatic carbocycles. The average Bonchev–Trinajstić information content (AvgIpc) is 2.92. The summed E-state index contributed by atoms with van der Waals surface area (Å²) in [5, 5.41) is 6.14. The number of rotatable bonds is 10. The number of nitrogens with one attached hydrogen (secondary N) is 2. The molecule has 0 aromatic carbocycles. The Bertz CT molecular complexity index is 1030. The minimum Gasteiger partial charge on any atom is -0.456 e. The molecule has 1 aromatic rings. The van der Waals surface area contributed by atoms with Crippen molar-refractivity contribution in [3.05, 3.63) is 41.7 Å². The van der Waals surface area contributed by atoms with Crippen molar-refractivity contribution in [2.45, 2.75) is 83.9 Å². The van der Waals surface area contributed by atoms with Gasteiger partial charge in [-0.2, -0.15) is 0 Å². The Balaban J connectivity index is 1.98. The van der Waals surface area contributed by atoms with E-state index < -0.39 is 24.0 Å². The molecule has 39 heavy (non-hydrogen) atoms. The number of carbonyl (C=O) groups is 4. The zero-order chi connectivity index (χ0) is 28.5. The number of esters is 1. The van der Waals surface area contributed by atoms with Gasteiger partial charge in [-0.1, -0.05) is 56.5 Å². The van der Waals surface area contributed by atoms with Gasteiger partial charge in [-0.15, -0.1) is 11.8 Å². The number of nitrogens with zero attached hydrogens (tertiary/aromatic N) is 2. The molecule has 1 aromatic heterocycles. The van der Waals surface area contributed by atoms with Crippen molar-refractivity contribution in [1.82, 2.24) is 15.6 Å². The van der Waals surface area contributed by atoms with Gasteiger partial charge in [0.1, 0.15) is 23.7 Å². The summed E-state index contributed by atoms with van der Waals surface area (Å²) in [6.07, 6.45) is 11.2. The molecule has 2 amide bonds. The number of aromatic nitrogens is 1. The number of carbonyl (C=O) groups excluding carboxylic acids is 4. The topological polar surface area (TPSA) is 127 Å². The largest absolute Gasteiger partial charge is 0.456 e. The van der Waals surface area contributed by atoms with Crippen molar-refractivity contribution >= 4 is 51.5 Å². The molecule has 1 aliphatic rings. The molecule has 2 atom stereocenters. The molecule has 2 rings (SSSR count). The van der Waals surface area contributed by atoms with Crippen molar-refractivity contribution in [1.29, 1.82) is 0 Å². The van der Waals surface area contributed by atoms with Crippen LogP contribution in [0.2, 0.25) is 0 Å². The smallest absolute Gasteiger partial charge is 0.326 e. The van der Waals surface area contributed by atoms with Crippen LogP contribution >= 0.6 is 23.5 Å². The van der Waals surface area contributed by atoms with Gasteiger partial charge < -0.3 is 15.4 Å². The molecule has 214 valence electrons. The van der Waals surface area contributed by atoms with Gasteiger partial charge in [0, 0.05) is 12.2 Å². The van der Waals surface area contributed by atoms with E-state index in [1.165, 1.54) is 42.8 Å². The predicted octanol–water partition coefficient (Wildman–Crippen LogP) is 4.19. The molecule has 0 radical (unpaired) electrons. The molecule has 9 nitrogen and oxygen atoms in total. The number of thioether (sulfide) groups is 2. The number of amides is 2. The Morgan fingerprint density at radius 2 is 1.92 bits per heavy atom. The van der Waals surface area contributed by atoms with E-state index in [1.807, 2.05) is 18.4 Å². The van der Waals surface area contributed by atoms with Crippen molar-refractivity contribution in [3.8, 4) is 0 Å². The monoisotopic (exact) mass is 576 g/mol. The highest BCUT2D eigenvalue weighted by molar-refractivity contribution is 8.14. The lowest BCUT2D eigenvalue weighted by molar-refractivity contribution is -0.148. The number of hydrogen-bond donors (Lipinski definition) is 2. The van der Waals surface area contributed by atoms with E-state index in [9.17, 15) is 19.2 Å². The lowest BCUT2D eigenvalue weighted by Gasteiger charge is -2.16. The second-order valence-electron chi connectivity index (χ2n) is 9.16. The van der Waals surface area contributed by atoms with Crippen LogP contribution in [0, 0.1) is 0 Å². The molecule has 2 heterocycles. The molecule has 2 bridgehead atoms. The van der Waals surface area contributed by atoms with Gasteiger partial charge in [0.05, 0.1) is 24.4 Å². The van der Waals surface area contributed by atoms with Crippen molar-refractivity contribution in [2.24, 2.45) is 4.99 Å². The number of hydrogen-bond acceptors (Lipinski definition) is 9. The van der Waals surface area contributed by atoms with Gasteiger partial charge in [-0.3, -0.25) is 24.2 Å². The van der Waals surface area contributed by atoms with E-state index in [0.717, 1.165) is 12.8 Å². The normalized spacial score (nSPS) is 19.3. The first-order valence-electron chi connectivity index (χ1n) is 13.5. The fourth-order valence-electron chi connectivity index (χ4n) is 3.70. The summed E-state index contributed by atoms with van der Waals surface area (Å²) in [6, 6.07) is 4.69. The summed E-state index contributed by atoms with van der Waals surface area (Å²) in [4.78, 5) is 58.7. The second-order valence-corrected chi connectivity index (χ2v) is 11.1. The van der Waals surface area contributed by atoms with Crippen LogP contribution in [0.3, 0.4) is 0 Å². The number of unbranched alkanes of at least 4 members (excludes halogenated alkanes) is 4. The third-order valence-electron chi connectivity index (χ3n) is 5.84. The van der Waals surface area contributed by atoms with Gasteiger partial charge in [0.2, 0.25) is 11.8 Å². The second kappa shape index (κ2) is 18.6. The number of allylic oxidation sites excluding steroid dienone is 1. The Hall–Kier alpha value is -2.66. The highest BCUT2D eigenvalue weighted by Gasteiger charge is 2.20. The first-order valence-corrected chi connectivity index (χ1v) is 15.7. The van der Waals surface area contributed by atoms with Gasteiger partial charge >= 0.3 is 5.97 Å². The molecule has 0 unspecified atom stereocenters. The maximum atomic E-state index is 12.6. The molecule has 11 heteroatoms. The van der Waals surface area contributed by atoms with Crippen LogP contribution in [0.15, 0.2) is 35.3 Å². The van der Waals surface area contributed by atoms with Crippen molar-refractivity contribution in [3.63, 3.8) is 0 Å². The Labute approximate surface area is 239 Å². The Morgan fingerprint density at radius 1 is 1.13 bits per heavy atom. The quantitative estimate of drug-likeness (QED) is 0.241. The fourth-order valence-corrected chi connectivity index (χ4v) is 5.06. The minimum absolute atomic E-state index is 0.0758. The number of pyridine rings is 1. The Kier molecular flexibility index (Phi) is 15.5. The average molecular weight is 577 g/mol. The molecule has 0 saturated carbocycles. The first kappa shape index (κ1) is 32.6. The summed E-state index contributed by atoms with van der Waals surface area (Å²) in [7, 11) is 0. The molecule has 0 fully saturated rings. The van der Waals surface area contributed by atoms with Crippen LogP contribution in [0.5, 0.6) is 0 Å². The fraction of sp³-hybridized carbons (Fsp3) is 0.571. The maximum absolute atomic E-state index is 12.6. The van der Waals surface area contributed by atoms with Crippen molar-refractivity contribution in [2.75, 3.05) is 18.6 Å². The predicted molar refractivity (Wildman–Crippen MR) is 158 cm³/mol. The number of fused-ring (bicyclic) bond motifs is 2. The standard InChI is InChI=1S/C28H40N4O5S2/c1-4-5-6-7-8-15-26(35)39-16-10-9-13-22-17-24(33)29-18-21-12-11-14-23(32-21)28(38-3)31-20(2)27(36)30-19-25(34)37-22/h9,11-14,20,22H,4-8,10,15-19H2,1-3H3,(H,29,33)(H,30,36)/b13-9+,31-28?/t20-,22-/m1/s1. The van der Waals surface area contributed by atoms with E-state index >= 15 is 0 Å². The summed E-state index contributed by atoms with van der Waals surface area (Å²) >= 11 is 2.67. The maximum Gasteiger partial charge on any atom is 0.326 e. The van der Waals surface area contributed by atoms with Crippen LogP contribution in [0.4, 0.5) is 0 Å². The van der Waals surface area contributed by atoms with Crippen LogP contribution in [0.1, 0.15) is 76.6 Å².